The third kappa shape index (κ3) is 16.8. The molecule has 0 spiro atoms. The third-order valence-electron chi connectivity index (χ3n) is 9.65. The molecule has 0 bridgehead atoms. The van der Waals surface area contributed by atoms with Gasteiger partial charge in [-0.05, 0) is 64.6 Å². The first-order valence-corrected chi connectivity index (χ1v) is 21.7. The largest absolute Gasteiger partial charge is 0.475 e. The van der Waals surface area contributed by atoms with Crippen molar-refractivity contribution in [2.45, 2.75) is 104 Å². The van der Waals surface area contributed by atoms with E-state index in [0.717, 1.165) is 46.2 Å². The van der Waals surface area contributed by atoms with Crippen molar-refractivity contribution in [1.29, 1.82) is 0 Å². The summed E-state index contributed by atoms with van der Waals surface area (Å²) < 4.78 is 43.9. The second-order valence-electron chi connectivity index (χ2n) is 14.3. The van der Waals surface area contributed by atoms with Crippen LogP contribution >= 0.6 is 7.82 Å². The van der Waals surface area contributed by atoms with Gasteiger partial charge in [0.2, 0.25) is 0 Å². The predicted molar refractivity (Wildman–Crippen MR) is 226 cm³/mol. The lowest BCUT2D eigenvalue weighted by Crippen LogP contribution is -2.39. The van der Waals surface area contributed by atoms with Crippen LogP contribution < -0.4 is 5.32 Å². The lowest BCUT2D eigenvalue weighted by atomic mass is 9.96. The molecule has 8 nitrogen and oxygen atoms in total. The molecule has 0 saturated carbocycles. The van der Waals surface area contributed by atoms with Gasteiger partial charge in [-0.3, -0.25) is 13.6 Å². The summed E-state index contributed by atoms with van der Waals surface area (Å²) in [6.07, 6.45) is 8.98. The molecule has 5 aromatic carbocycles. The van der Waals surface area contributed by atoms with Crippen LogP contribution in [-0.4, -0.2) is 18.7 Å². The van der Waals surface area contributed by atoms with E-state index in [9.17, 15) is 9.36 Å². The van der Waals surface area contributed by atoms with Gasteiger partial charge in [0, 0.05) is 0 Å². The van der Waals surface area contributed by atoms with E-state index in [2.05, 4.69) is 42.6 Å². The standard InChI is InChI=1S/C48H58NO7P/c1-2-3-4-5-6-11-20-40-29-30-45(46(33-40)38-52-34-41-21-12-7-13-22-41)31-32-47(49-48(50)53-35-42-23-14-8-15-24-42)39-56-57(51,54-36-43-25-16-9-17-26-43)55-37-44-27-18-10-19-28-44/h7-10,12-19,21-30,33,47H,2-6,11,20,31-32,34-39H2,1H3,(H,49,50). The van der Waals surface area contributed by atoms with E-state index in [1.165, 1.54) is 37.7 Å². The Kier molecular flexibility index (Phi) is 19.1. The van der Waals surface area contributed by atoms with E-state index in [0.29, 0.717) is 26.1 Å². The number of alkyl carbamates (subject to hydrolysis) is 1. The molecule has 5 aromatic rings. The molecule has 0 aliphatic rings. The highest BCUT2D eigenvalue weighted by atomic mass is 31.2. The first kappa shape index (κ1) is 43.6. The van der Waals surface area contributed by atoms with Crippen molar-refractivity contribution in [2.75, 3.05) is 6.61 Å². The van der Waals surface area contributed by atoms with Crippen molar-refractivity contribution in [1.82, 2.24) is 5.32 Å². The minimum absolute atomic E-state index is 0.0293. The molecule has 0 aliphatic heterocycles. The van der Waals surface area contributed by atoms with Gasteiger partial charge in [0.1, 0.15) is 6.61 Å². The number of phosphoric acid groups is 1. The Morgan fingerprint density at radius 3 is 1.65 bits per heavy atom. The van der Waals surface area contributed by atoms with Crippen LogP contribution in [0.15, 0.2) is 140 Å². The third-order valence-corrected chi connectivity index (χ3v) is 11.0. The van der Waals surface area contributed by atoms with Gasteiger partial charge >= 0.3 is 13.9 Å². The van der Waals surface area contributed by atoms with Crippen LogP contribution in [0.1, 0.15) is 90.8 Å². The van der Waals surface area contributed by atoms with E-state index >= 15 is 0 Å². The van der Waals surface area contributed by atoms with E-state index in [1.54, 1.807) is 0 Å². The molecule has 0 aromatic heterocycles. The van der Waals surface area contributed by atoms with Crippen molar-refractivity contribution in [3.63, 3.8) is 0 Å². The zero-order valence-corrected chi connectivity index (χ0v) is 34.2. The fourth-order valence-electron chi connectivity index (χ4n) is 6.38. The maximum absolute atomic E-state index is 14.2. The summed E-state index contributed by atoms with van der Waals surface area (Å²) in [6, 6.07) is 44.6. The lowest BCUT2D eigenvalue weighted by Gasteiger charge is -2.23. The maximum atomic E-state index is 14.2. The number of aryl methyl sites for hydroxylation is 2. The van der Waals surface area contributed by atoms with Gasteiger partial charge in [-0.25, -0.2) is 9.36 Å². The molecular formula is C48H58NO7P. The van der Waals surface area contributed by atoms with Gasteiger partial charge in [0.05, 0.1) is 39.1 Å². The smallest absolute Gasteiger partial charge is 0.445 e. The molecule has 0 radical (unpaired) electrons. The van der Waals surface area contributed by atoms with E-state index in [-0.39, 0.29) is 26.4 Å². The van der Waals surface area contributed by atoms with Crippen LogP contribution in [0.5, 0.6) is 0 Å². The summed E-state index contributed by atoms with van der Waals surface area (Å²) in [5, 5.41) is 2.97. The molecule has 1 amide bonds. The Balaban J connectivity index is 1.29. The minimum Gasteiger partial charge on any atom is -0.445 e. The molecule has 1 unspecified atom stereocenters. The van der Waals surface area contributed by atoms with Gasteiger partial charge in [0.15, 0.2) is 0 Å². The summed E-state index contributed by atoms with van der Waals surface area (Å²) >= 11 is 0. The van der Waals surface area contributed by atoms with Crippen molar-refractivity contribution in [3.8, 4) is 0 Å². The van der Waals surface area contributed by atoms with Crippen LogP contribution in [0.4, 0.5) is 4.79 Å². The van der Waals surface area contributed by atoms with Gasteiger partial charge in [-0.2, -0.15) is 0 Å². The van der Waals surface area contributed by atoms with E-state index < -0.39 is 20.0 Å². The zero-order valence-electron chi connectivity index (χ0n) is 33.3. The number of carbonyl (C=O) groups is 1. The van der Waals surface area contributed by atoms with Crippen LogP contribution in [0.3, 0.4) is 0 Å². The van der Waals surface area contributed by atoms with E-state index in [4.69, 9.17) is 23.0 Å². The number of unbranched alkanes of at least 4 members (excludes halogenated alkanes) is 5. The Hall–Kier alpha value is -4.56. The molecular weight excluding hydrogens is 734 g/mol. The number of ether oxygens (including phenoxy) is 2. The number of benzene rings is 5. The average molecular weight is 792 g/mol. The fraction of sp³-hybridized carbons (Fsp3) is 0.354. The predicted octanol–water partition coefficient (Wildman–Crippen LogP) is 12.1. The molecule has 1 N–H and O–H groups in total. The summed E-state index contributed by atoms with van der Waals surface area (Å²) in [6.45, 7) is 3.25. The Bertz CT molecular complexity index is 1850. The molecule has 302 valence electrons. The molecule has 0 heterocycles. The zero-order chi connectivity index (χ0) is 39.8. The van der Waals surface area contributed by atoms with Crippen molar-refractivity contribution in [3.05, 3.63) is 178 Å². The summed E-state index contributed by atoms with van der Waals surface area (Å²) in [5.41, 5.74) is 7.16. The summed E-state index contributed by atoms with van der Waals surface area (Å²) in [5.74, 6) is 0. The van der Waals surface area contributed by atoms with Gasteiger partial charge < -0.3 is 14.8 Å². The average Bonchev–Trinajstić information content (AvgIpc) is 3.25. The van der Waals surface area contributed by atoms with Gasteiger partial charge in [-0.15, -0.1) is 0 Å². The van der Waals surface area contributed by atoms with Crippen LogP contribution in [0.25, 0.3) is 0 Å². The first-order valence-electron chi connectivity index (χ1n) is 20.3. The molecule has 1 atom stereocenters. The minimum atomic E-state index is -4.10. The number of amides is 1. The fourth-order valence-corrected chi connectivity index (χ4v) is 7.58. The second-order valence-corrected chi connectivity index (χ2v) is 16.0. The number of hydrogen-bond acceptors (Lipinski definition) is 7. The summed E-state index contributed by atoms with van der Waals surface area (Å²) in [7, 11) is -4.10. The Labute approximate surface area is 339 Å². The molecule has 0 aliphatic carbocycles. The van der Waals surface area contributed by atoms with Crippen LogP contribution in [0, 0.1) is 0 Å². The normalized spacial score (nSPS) is 11.9. The highest BCUT2D eigenvalue weighted by Gasteiger charge is 2.29. The topological polar surface area (TPSA) is 92.3 Å². The first-order chi connectivity index (χ1) is 28.0. The van der Waals surface area contributed by atoms with Gasteiger partial charge in [0.25, 0.3) is 0 Å². The van der Waals surface area contributed by atoms with Crippen LogP contribution in [-0.2, 0) is 73.5 Å². The van der Waals surface area contributed by atoms with Crippen LogP contribution in [0.2, 0.25) is 0 Å². The number of phosphoric ester groups is 1. The number of rotatable bonds is 26. The molecule has 5 rings (SSSR count). The highest BCUT2D eigenvalue weighted by molar-refractivity contribution is 7.48. The number of nitrogens with one attached hydrogen (secondary N) is 1. The SMILES string of the molecule is CCCCCCCCc1ccc(CCC(COP(=O)(OCc2ccccc2)OCc2ccccc2)NC(=O)OCc2ccccc2)c(COCc2ccccc2)c1. The Morgan fingerprint density at radius 2 is 1.07 bits per heavy atom. The highest BCUT2D eigenvalue weighted by Crippen LogP contribution is 2.51. The van der Waals surface area contributed by atoms with Crippen molar-refractivity contribution in [2.24, 2.45) is 0 Å². The van der Waals surface area contributed by atoms with Crippen molar-refractivity contribution >= 4 is 13.9 Å². The molecule has 0 saturated heterocycles. The monoisotopic (exact) mass is 791 g/mol. The molecule has 57 heavy (non-hydrogen) atoms. The molecule has 0 fully saturated rings. The van der Waals surface area contributed by atoms with Gasteiger partial charge in [-0.1, -0.05) is 179 Å². The van der Waals surface area contributed by atoms with E-state index in [1.807, 2.05) is 109 Å². The number of hydrogen-bond donors (Lipinski definition) is 1. The quantitative estimate of drug-likeness (QED) is 0.0440. The second kappa shape index (κ2) is 24.9. The molecule has 9 heteroatoms. The lowest BCUT2D eigenvalue weighted by molar-refractivity contribution is 0.0893. The Morgan fingerprint density at radius 1 is 0.544 bits per heavy atom. The maximum Gasteiger partial charge on any atom is 0.475 e. The number of carbonyl (C=O) groups excluding carboxylic acids is 1. The summed E-state index contributed by atoms with van der Waals surface area (Å²) in [4.78, 5) is 13.2. The van der Waals surface area contributed by atoms with Crippen molar-refractivity contribution < 1.29 is 32.4 Å².